The summed E-state index contributed by atoms with van der Waals surface area (Å²) >= 11 is 0. The predicted octanol–water partition coefficient (Wildman–Crippen LogP) is 1.86. The van der Waals surface area contributed by atoms with Crippen molar-refractivity contribution in [3.63, 3.8) is 0 Å². The molecular weight excluding hydrogens is 378 g/mol. The molecule has 3 aromatic rings. The third kappa shape index (κ3) is 3.42. The summed E-state index contributed by atoms with van der Waals surface area (Å²) in [6, 6.07) is 3.89. The van der Waals surface area contributed by atoms with Gasteiger partial charge in [-0.2, -0.15) is 5.10 Å². The normalized spacial score (nSPS) is 18.2. The standard InChI is InChI=1S/C19H23N5O3S/c1-2-20-17(25)11-19(5-9-28(26,27)10-6-19)24-13-14(12-23-24)15-3-7-21-18-16(15)4-8-22-18/h3-4,7-8,12-13H,2,5-6,9-11H2,1H3,(H,20,25)(H,21,22). The number of pyridine rings is 1. The molecule has 0 atom stereocenters. The van der Waals surface area contributed by atoms with Crippen LogP contribution in [0.5, 0.6) is 0 Å². The monoisotopic (exact) mass is 401 g/mol. The van der Waals surface area contributed by atoms with E-state index in [-0.39, 0.29) is 23.8 Å². The minimum absolute atomic E-state index is 0.0684. The van der Waals surface area contributed by atoms with E-state index < -0.39 is 15.4 Å². The van der Waals surface area contributed by atoms with Gasteiger partial charge in [-0.25, -0.2) is 13.4 Å². The van der Waals surface area contributed by atoms with Gasteiger partial charge < -0.3 is 10.3 Å². The second-order valence-electron chi connectivity index (χ2n) is 7.28. The summed E-state index contributed by atoms with van der Waals surface area (Å²) in [5.41, 5.74) is 2.07. The molecule has 1 fully saturated rings. The lowest BCUT2D eigenvalue weighted by molar-refractivity contribution is -0.123. The average molecular weight is 401 g/mol. The van der Waals surface area contributed by atoms with Crippen LogP contribution in [-0.4, -0.2) is 52.1 Å². The van der Waals surface area contributed by atoms with E-state index in [0.717, 1.165) is 22.2 Å². The Labute approximate surface area is 163 Å². The van der Waals surface area contributed by atoms with Crippen LogP contribution in [0.4, 0.5) is 0 Å². The molecular formula is C19H23N5O3S. The predicted molar refractivity (Wildman–Crippen MR) is 106 cm³/mol. The van der Waals surface area contributed by atoms with Crippen molar-refractivity contribution in [2.45, 2.75) is 31.7 Å². The van der Waals surface area contributed by atoms with Crippen molar-refractivity contribution in [3.05, 3.63) is 36.9 Å². The van der Waals surface area contributed by atoms with E-state index in [1.54, 1.807) is 17.1 Å². The Kier molecular flexibility index (Phi) is 4.70. The zero-order chi connectivity index (χ0) is 19.8. The zero-order valence-electron chi connectivity index (χ0n) is 15.7. The fraction of sp³-hybridized carbons (Fsp3) is 0.421. The fourth-order valence-electron chi connectivity index (χ4n) is 3.90. The number of aromatic amines is 1. The van der Waals surface area contributed by atoms with Gasteiger partial charge in [-0.15, -0.1) is 0 Å². The van der Waals surface area contributed by atoms with Crippen LogP contribution in [0, 0.1) is 0 Å². The highest BCUT2D eigenvalue weighted by Gasteiger charge is 2.41. The maximum Gasteiger partial charge on any atom is 0.222 e. The van der Waals surface area contributed by atoms with Gasteiger partial charge in [-0.3, -0.25) is 9.48 Å². The maximum atomic E-state index is 12.4. The number of sulfone groups is 1. The minimum atomic E-state index is -3.06. The molecule has 148 valence electrons. The van der Waals surface area contributed by atoms with E-state index in [2.05, 4.69) is 20.4 Å². The Morgan fingerprint density at radius 2 is 2.11 bits per heavy atom. The van der Waals surface area contributed by atoms with Crippen molar-refractivity contribution < 1.29 is 13.2 Å². The Balaban J connectivity index is 1.72. The molecule has 1 aliphatic rings. The number of H-pyrrole nitrogens is 1. The highest BCUT2D eigenvalue weighted by Crippen LogP contribution is 2.36. The molecule has 9 heteroatoms. The average Bonchev–Trinajstić information content (AvgIpc) is 3.33. The number of nitrogens with one attached hydrogen (secondary N) is 2. The van der Waals surface area contributed by atoms with Crippen LogP contribution in [0.3, 0.4) is 0 Å². The first-order valence-corrected chi connectivity index (χ1v) is 11.2. The molecule has 0 radical (unpaired) electrons. The lowest BCUT2D eigenvalue weighted by Gasteiger charge is -2.37. The van der Waals surface area contributed by atoms with Crippen LogP contribution < -0.4 is 5.32 Å². The Morgan fingerprint density at radius 1 is 1.32 bits per heavy atom. The van der Waals surface area contributed by atoms with Gasteiger partial charge in [-0.05, 0) is 37.5 Å². The summed E-state index contributed by atoms with van der Waals surface area (Å²) in [4.78, 5) is 19.8. The number of rotatable bonds is 5. The molecule has 4 heterocycles. The smallest absolute Gasteiger partial charge is 0.222 e. The number of hydrogen-bond donors (Lipinski definition) is 2. The number of hydrogen-bond acceptors (Lipinski definition) is 5. The van der Waals surface area contributed by atoms with Crippen LogP contribution in [0.15, 0.2) is 36.9 Å². The Bertz CT molecular complexity index is 1100. The van der Waals surface area contributed by atoms with E-state index in [4.69, 9.17) is 0 Å². The third-order valence-electron chi connectivity index (χ3n) is 5.46. The number of carbonyl (C=O) groups excluding carboxylic acids is 1. The first-order chi connectivity index (χ1) is 13.4. The molecule has 0 saturated carbocycles. The van der Waals surface area contributed by atoms with Gasteiger partial charge in [0.15, 0.2) is 9.84 Å². The van der Waals surface area contributed by atoms with Crippen LogP contribution in [0.2, 0.25) is 0 Å². The SMILES string of the molecule is CCNC(=O)CC1(n2cc(-c3ccnc4[nH]ccc34)cn2)CCS(=O)(=O)CC1. The summed E-state index contributed by atoms with van der Waals surface area (Å²) in [6.45, 7) is 2.41. The minimum Gasteiger partial charge on any atom is -0.356 e. The van der Waals surface area contributed by atoms with Gasteiger partial charge in [0, 0.05) is 36.1 Å². The summed E-state index contributed by atoms with van der Waals surface area (Å²) < 4.78 is 25.8. The molecule has 0 aliphatic carbocycles. The molecule has 0 unspecified atom stereocenters. The first-order valence-electron chi connectivity index (χ1n) is 9.37. The summed E-state index contributed by atoms with van der Waals surface area (Å²) in [6.07, 6.45) is 8.24. The third-order valence-corrected chi connectivity index (χ3v) is 7.11. The van der Waals surface area contributed by atoms with Crippen molar-refractivity contribution >= 4 is 26.8 Å². The number of fused-ring (bicyclic) bond motifs is 1. The highest BCUT2D eigenvalue weighted by molar-refractivity contribution is 7.91. The number of carbonyl (C=O) groups is 1. The van der Waals surface area contributed by atoms with Crippen LogP contribution in [0.25, 0.3) is 22.2 Å². The van der Waals surface area contributed by atoms with Crippen molar-refractivity contribution in [3.8, 4) is 11.1 Å². The summed E-state index contributed by atoms with van der Waals surface area (Å²) in [5, 5.41) is 8.37. The van der Waals surface area contributed by atoms with Gasteiger partial charge in [0.1, 0.15) is 5.65 Å². The van der Waals surface area contributed by atoms with Gasteiger partial charge in [0.25, 0.3) is 0 Å². The highest BCUT2D eigenvalue weighted by atomic mass is 32.2. The molecule has 1 saturated heterocycles. The lowest BCUT2D eigenvalue weighted by atomic mass is 9.88. The fourth-order valence-corrected chi connectivity index (χ4v) is 5.48. The topological polar surface area (TPSA) is 110 Å². The molecule has 0 bridgehead atoms. The zero-order valence-corrected chi connectivity index (χ0v) is 16.5. The van der Waals surface area contributed by atoms with Crippen LogP contribution in [0.1, 0.15) is 26.2 Å². The van der Waals surface area contributed by atoms with Crippen molar-refractivity contribution in [1.82, 2.24) is 25.1 Å². The molecule has 8 nitrogen and oxygen atoms in total. The maximum absolute atomic E-state index is 12.4. The van der Waals surface area contributed by atoms with Crippen LogP contribution >= 0.6 is 0 Å². The second-order valence-corrected chi connectivity index (χ2v) is 9.58. The van der Waals surface area contributed by atoms with Gasteiger partial charge in [0.05, 0.1) is 29.7 Å². The number of aromatic nitrogens is 4. The van der Waals surface area contributed by atoms with E-state index in [1.165, 1.54) is 0 Å². The number of nitrogens with zero attached hydrogens (tertiary/aromatic N) is 3. The molecule has 0 aromatic carbocycles. The Morgan fingerprint density at radius 3 is 2.86 bits per heavy atom. The first kappa shape index (κ1) is 18.7. The molecule has 0 spiro atoms. The molecule has 1 amide bonds. The van der Waals surface area contributed by atoms with Gasteiger partial charge >= 0.3 is 0 Å². The molecule has 28 heavy (non-hydrogen) atoms. The largest absolute Gasteiger partial charge is 0.356 e. The lowest BCUT2D eigenvalue weighted by Crippen LogP contribution is -2.45. The molecule has 4 rings (SSSR count). The second kappa shape index (κ2) is 7.05. The number of amides is 1. The van der Waals surface area contributed by atoms with Crippen molar-refractivity contribution in [1.29, 1.82) is 0 Å². The molecule has 2 N–H and O–H groups in total. The van der Waals surface area contributed by atoms with E-state index in [9.17, 15) is 13.2 Å². The molecule has 1 aliphatic heterocycles. The molecule has 3 aromatic heterocycles. The quantitative estimate of drug-likeness (QED) is 0.678. The Hall–Kier alpha value is -2.68. The van der Waals surface area contributed by atoms with E-state index >= 15 is 0 Å². The van der Waals surface area contributed by atoms with Crippen molar-refractivity contribution in [2.24, 2.45) is 0 Å². The van der Waals surface area contributed by atoms with Gasteiger partial charge in [0.2, 0.25) is 5.91 Å². The van der Waals surface area contributed by atoms with Crippen molar-refractivity contribution in [2.75, 3.05) is 18.1 Å². The van der Waals surface area contributed by atoms with Crippen LogP contribution in [-0.2, 0) is 20.2 Å². The van der Waals surface area contributed by atoms with E-state index in [1.807, 2.05) is 31.5 Å². The van der Waals surface area contributed by atoms with Gasteiger partial charge in [-0.1, -0.05) is 0 Å². The van der Waals surface area contributed by atoms with E-state index in [0.29, 0.717) is 19.4 Å². The summed E-state index contributed by atoms with van der Waals surface area (Å²) in [5.74, 6) is 0.0495. The summed E-state index contributed by atoms with van der Waals surface area (Å²) in [7, 11) is -3.06.